The summed E-state index contributed by atoms with van der Waals surface area (Å²) in [7, 11) is 0. The molecule has 0 radical (unpaired) electrons. The van der Waals surface area contributed by atoms with Crippen LogP contribution in [0.3, 0.4) is 0 Å². The Labute approximate surface area is 86.9 Å². The van der Waals surface area contributed by atoms with Crippen LogP contribution in [-0.4, -0.2) is 12.5 Å². The summed E-state index contributed by atoms with van der Waals surface area (Å²) >= 11 is 5.70. The number of rotatable bonds is 5. The van der Waals surface area contributed by atoms with Gasteiger partial charge in [-0.2, -0.15) is 5.48 Å². The third-order valence-electron chi connectivity index (χ3n) is 1.51. The van der Waals surface area contributed by atoms with Gasteiger partial charge in [0.05, 0.1) is 0 Å². The summed E-state index contributed by atoms with van der Waals surface area (Å²) in [5.74, 6) is -0.506. The molecule has 1 aromatic rings. The summed E-state index contributed by atoms with van der Waals surface area (Å²) in [6, 6.07) is 7.30. The number of hydrogen-bond acceptors (Lipinski definition) is 3. The smallest absolute Gasteiger partial charge is 0.245 e. The van der Waals surface area contributed by atoms with Crippen molar-refractivity contribution < 1.29 is 9.63 Å². The first-order chi connectivity index (χ1) is 6.68. The Morgan fingerprint density at radius 1 is 1.43 bits per heavy atom. The number of hydroxylamine groups is 1. The van der Waals surface area contributed by atoms with E-state index in [0.717, 1.165) is 5.56 Å². The molecule has 76 valence electrons. The fourth-order valence-corrected chi connectivity index (χ4v) is 0.985. The summed E-state index contributed by atoms with van der Waals surface area (Å²) in [6.45, 7) is 0.373. The molecule has 3 N–H and O–H groups in total. The Kier molecular flexibility index (Phi) is 4.39. The number of carbonyl (C=O) groups is 1. The summed E-state index contributed by atoms with van der Waals surface area (Å²) < 4.78 is 0. The van der Waals surface area contributed by atoms with E-state index in [1.165, 1.54) is 0 Å². The molecule has 0 heterocycles. The lowest BCUT2D eigenvalue weighted by Crippen LogP contribution is -2.24. The zero-order valence-electron chi connectivity index (χ0n) is 7.50. The van der Waals surface area contributed by atoms with Gasteiger partial charge in [-0.1, -0.05) is 23.7 Å². The minimum Gasteiger partial charge on any atom is -0.368 e. The fourth-order valence-electron chi connectivity index (χ4n) is 0.859. The molecule has 0 spiro atoms. The predicted octanol–water partition coefficient (Wildman–Crippen LogP) is 0.847. The van der Waals surface area contributed by atoms with Gasteiger partial charge in [0.2, 0.25) is 5.91 Å². The average Bonchev–Trinajstić information content (AvgIpc) is 2.15. The molecule has 0 aromatic heterocycles. The zero-order chi connectivity index (χ0) is 10.4. The molecule has 0 bridgehead atoms. The predicted molar refractivity (Wildman–Crippen MR) is 53.4 cm³/mol. The molecule has 1 amide bonds. The van der Waals surface area contributed by atoms with E-state index in [1.54, 1.807) is 12.1 Å². The number of benzene rings is 1. The largest absolute Gasteiger partial charge is 0.368 e. The van der Waals surface area contributed by atoms with Gasteiger partial charge in [0, 0.05) is 11.6 Å². The normalized spacial score (nSPS) is 10.1. The lowest BCUT2D eigenvalue weighted by molar-refractivity contribution is -0.125. The monoisotopic (exact) mass is 214 g/mol. The molecule has 0 atom stereocenters. The van der Waals surface area contributed by atoms with Gasteiger partial charge in [0.1, 0.15) is 6.61 Å². The molecule has 1 aromatic carbocycles. The van der Waals surface area contributed by atoms with Gasteiger partial charge in [-0.15, -0.1) is 0 Å². The molecule has 14 heavy (non-hydrogen) atoms. The van der Waals surface area contributed by atoms with Gasteiger partial charge in [-0.25, -0.2) is 0 Å². The van der Waals surface area contributed by atoms with E-state index in [9.17, 15) is 4.79 Å². The molecule has 0 aliphatic carbocycles. The summed E-state index contributed by atoms with van der Waals surface area (Å²) in [4.78, 5) is 15.1. The van der Waals surface area contributed by atoms with Crippen molar-refractivity contribution in [2.75, 3.05) is 6.61 Å². The first kappa shape index (κ1) is 11.0. The van der Waals surface area contributed by atoms with Crippen molar-refractivity contribution in [1.82, 2.24) is 5.48 Å². The van der Waals surface area contributed by atoms with Crippen LogP contribution in [0.5, 0.6) is 0 Å². The number of nitrogens with one attached hydrogen (secondary N) is 1. The molecule has 0 aliphatic heterocycles. The summed E-state index contributed by atoms with van der Waals surface area (Å²) in [5, 5.41) is 0.687. The topological polar surface area (TPSA) is 64.4 Å². The summed E-state index contributed by atoms with van der Waals surface area (Å²) in [5.41, 5.74) is 8.49. The van der Waals surface area contributed by atoms with Crippen LogP contribution in [-0.2, 0) is 16.2 Å². The van der Waals surface area contributed by atoms with Gasteiger partial charge < -0.3 is 5.73 Å². The molecular weight excluding hydrogens is 204 g/mol. The first-order valence-corrected chi connectivity index (χ1v) is 4.43. The van der Waals surface area contributed by atoms with Gasteiger partial charge in [-0.3, -0.25) is 9.63 Å². The van der Waals surface area contributed by atoms with Crippen molar-refractivity contribution >= 4 is 17.5 Å². The third kappa shape index (κ3) is 4.23. The van der Waals surface area contributed by atoms with Gasteiger partial charge in [-0.05, 0) is 17.7 Å². The van der Waals surface area contributed by atoms with E-state index in [4.69, 9.17) is 22.2 Å². The van der Waals surface area contributed by atoms with Crippen molar-refractivity contribution in [3.63, 3.8) is 0 Å². The van der Waals surface area contributed by atoms with Crippen molar-refractivity contribution in [2.45, 2.75) is 6.54 Å². The first-order valence-electron chi connectivity index (χ1n) is 4.06. The van der Waals surface area contributed by atoms with Crippen LogP contribution in [0.15, 0.2) is 24.3 Å². The lowest BCUT2D eigenvalue weighted by atomic mass is 10.2. The van der Waals surface area contributed by atoms with E-state index in [2.05, 4.69) is 5.48 Å². The Bertz CT molecular complexity index is 300. The molecule has 5 heteroatoms. The van der Waals surface area contributed by atoms with Crippen LogP contribution >= 0.6 is 11.6 Å². The fraction of sp³-hybridized carbons (Fsp3) is 0.222. The number of carbonyl (C=O) groups excluding carboxylic acids is 1. The maximum Gasteiger partial charge on any atom is 0.245 e. The minimum atomic E-state index is -0.506. The van der Waals surface area contributed by atoms with E-state index < -0.39 is 5.91 Å². The van der Waals surface area contributed by atoms with Crippen molar-refractivity contribution in [1.29, 1.82) is 0 Å². The average molecular weight is 215 g/mol. The summed E-state index contributed by atoms with van der Waals surface area (Å²) in [6.07, 6.45) is 0. The third-order valence-corrected chi connectivity index (χ3v) is 1.76. The maximum absolute atomic E-state index is 10.3. The Morgan fingerprint density at radius 3 is 2.64 bits per heavy atom. The SMILES string of the molecule is NC(=O)CONCc1ccc(Cl)cc1. The Morgan fingerprint density at radius 2 is 2.07 bits per heavy atom. The van der Waals surface area contributed by atoms with Crippen LogP contribution in [0, 0.1) is 0 Å². The van der Waals surface area contributed by atoms with Gasteiger partial charge >= 0.3 is 0 Å². The van der Waals surface area contributed by atoms with Gasteiger partial charge in [0.25, 0.3) is 0 Å². The number of nitrogens with two attached hydrogens (primary N) is 1. The maximum atomic E-state index is 10.3. The Hall–Kier alpha value is -1.10. The molecule has 1 rings (SSSR count). The highest BCUT2D eigenvalue weighted by Gasteiger charge is 1.95. The highest BCUT2D eigenvalue weighted by molar-refractivity contribution is 6.30. The molecule has 0 saturated heterocycles. The molecule has 0 aliphatic rings. The number of primary amides is 1. The van der Waals surface area contributed by atoms with Crippen molar-refractivity contribution in [3.8, 4) is 0 Å². The second-order valence-electron chi connectivity index (χ2n) is 2.70. The standard InChI is InChI=1S/C9H11ClN2O2/c10-8-3-1-7(2-4-8)5-12-14-6-9(11)13/h1-4,12H,5-6H2,(H2,11,13). The van der Waals surface area contributed by atoms with Crippen molar-refractivity contribution in [2.24, 2.45) is 5.73 Å². The Balaban J connectivity index is 2.25. The zero-order valence-corrected chi connectivity index (χ0v) is 8.25. The molecule has 0 unspecified atom stereocenters. The molecule has 4 nitrogen and oxygen atoms in total. The quantitative estimate of drug-likeness (QED) is 0.564. The number of amides is 1. The molecular formula is C9H11ClN2O2. The number of halogens is 1. The lowest BCUT2D eigenvalue weighted by Gasteiger charge is -2.03. The second kappa shape index (κ2) is 5.59. The van der Waals surface area contributed by atoms with Gasteiger partial charge in [0.15, 0.2) is 0 Å². The molecule has 0 fully saturated rings. The van der Waals surface area contributed by atoms with E-state index in [0.29, 0.717) is 11.6 Å². The van der Waals surface area contributed by atoms with E-state index in [1.807, 2.05) is 12.1 Å². The van der Waals surface area contributed by atoms with Crippen LogP contribution in [0.25, 0.3) is 0 Å². The van der Waals surface area contributed by atoms with E-state index >= 15 is 0 Å². The minimum absolute atomic E-state index is 0.131. The van der Waals surface area contributed by atoms with Crippen LogP contribution in [0.2, 0.25) is 5.02 Å². The van der Waals surface area contributed by atoms with Crippen molar-refractivity contribution in [3.05, 3.63) is 34.9 Å². The second-order valence-corrected chi connectivity index (χ2v) is 3.14. The number of hydrogen-bond donors (Lipinski definition) is 2. The molecule has 0 saturated carbocycles. The van der Waals surface area contributed by atoms with E-state index in [-0.39, 0.29) is 6.61 Å². The van der Waals surface area contributed by atoms with Crippen LogP contribution < -0.4 is 11.2 Å². The highest BCUT2D eigenvalue weighted by atomic mass is 35.5. The van der Waals surface area contributed by atoms with Crippen LogP contribution in [0.1, 0.15) is 5.56 Å². The van der Waals surface area contributed by atoms with Crippen LogP contribution in [0.4, 0.5) is 0 Å². The highest BCUT2D eigenvalue weighted by Crippen LogP contribution is 2.08.